The molecule has 0 saturated heterocycles. The molecule has 1 aromatic carbocycles. The minimum absolute atomic E-state index is 0.00841. The van der Waals surface area contributed by atoms with Crippen molar-refractivity contribution in [1.82, 2.24) is 9.29 Å². The van der Waals surface area contributed by atoms with E-state index in [1.807, 2.05) is 0 Å². The standard InChI is InChI=1S/C16H15ClF3N3O3S/c1-10-3-5-12(6-4-10)27(25,26)23(2)9-14(24)22-15-13(17)7-11(8-21-15)16(18,19)20/h3-8H,9H2,1-2H3,(H,21,22,24). The Kier molecular flexibility index (Phi) is 6.13. The van der Waals surface area contributed by atoms with Gasteiger partial charge in [-0.2, -0.15) is 17.5 Å². The Bertz CT molecular complexity index is 948. The number of aryl methyl sites for hydroxylation is 1. The van der Waals surface area contributed by atoms with E-state index in [1.54, 1.807) is 19.1 Å². The monoisotopic (exact) mass is 421 g/mol. The van der Waals surface area contributed by atoms with Gasteiger partial charge in [0.25, 0.3) is 0 Å². The minimum Gasteiger partial charge on any atom is -0.308 e. The maximum atomic E-state index is 12.6. The number of sulfonamides is 1. The van der Waals surface area contributed by atoms with Crippen molar-refractivity contribution in [3.63, 3.8) is 0 Å². The number of halogens is 4. The molecule has 0 aliphatic heterocycles. The number of rotatable bonds is 5. The first kappa shape index (κ1) is 21.1. The number of alkyl halides is 3. The van der Waals surface area contributed by atoms with E-state index in [2.05, 4.69) is 10.3 Å². The Morgan fingerprint density at radius 3 is 2.37 bits per heavy atom. The molecule has 1 aromatic heterocycles. The van der Waals surface area contributed by atoms with Gasteiger partial charge in [0.15, 0.2) is 5.82 Å². The lowest BCUT2D eigenvalue weighted by molar-refractivity contribution is -0.137. The molecule has 0 saturated carbocycles. The van der Waals surface area contributed by atoms with Gasteiger partial charge in [0, 0.05) is 13.2 Å². The SMILES string of the molecule is Cc1ccc(S(=O)(=O)N(C)CC(=O)Nc2ncc(C(F)(F)F)cc2Cl)cc1. The highest BCUT2D eigenvalue weighted by Gasteiger charge is 2.32. The van der Waals surface area contributed by atoms with Crippen LogP contribution >= 0.6 is 11.6 Å². The van der Waals surface area contributed by atoms with Crippen molar-refractivity contribution in [3.05, 3.63) is 52.7 Å². The number of anilines is 1. The first-order valence-electron chi connectivity index (χ1n) is 7.47. The van der Waals surface area contributed by atoms with Crippen molar-refractivity contribution in [3.8, 4) is 0 Å². The smallest absolute Gasteiger partial charge is 0.308 e. The molecule has 0 unspecified atom stereocenters. The molecule has 0 bridgehead atoms. The van der Waals surface area contributed by atoms with E-state index in [4.69, 9.17) is 11.6 Å². The average molecular weight is 422 g/mol. The lowest BCUT2D eigenvalue weighted by Crippen LogP contribution is -2.35. The van der Waals surface area contributed by atoms with E-state index in [-0.39, 0.29) is 10.7 Å². The van der Waals surface area contributed by atoms with E-state index >= 15 is 0 Å². The first-order valence-corrected chi connectivity index (χ1v) is 9.28. The van der Waals surface area contributed by atoms with Crippen molar-refractivity contribution < 1.29 is 26.4 Å². The zero-order valence-corrected chi connectivity index (χ0v) is 15.8. The lowest BCUT2D eigenvalue weighted by atomic mass is 10.2. The molecule has 0 radical (unpaired) electrons. The van der Waals surface area contributed by atoms with Gasteiger partial charge in [0.2, 0.25) is 15.9 Å². The van der Waals surface area contributed by atoms with E-state index in [0.717, 1.165) is 9.87 Å². The molecule has 0 aliphatic carbocycles. The van der Waals surface area contributed by atoms with Crippen LogP contribution < -0.4 is 5.32 Å². The van der Waals surface area contributed by atoms with Gasteiger partial charge in [0.05, 0.1) is 22.0 Å². The zero-order chi connectivity index (χ0) is 20.4. The maximum Gasteiger partial charge on any atom is 0.417 e. The number of aromatic nitrogens is 1. The van der Waals surface area contributed by atoms with Crippen LogP contribution in [0.15, 0.2) is 41.4 Å². The number of carbonyl (C=O) groups excluding carboxylic acids is 1. The second-order valence-electron chi connectivity index (χ2n) is 5.67. The van der Waals surface area contributed by atoms with Gasteiger partial charge in [0.1, 0.15) is 0 Å². The second-order valence-corrected chi connectivity index (χ2v) is 8.13. The predicted octanol–water partition coefficient (Wildman–Crippen LogP) is 3.32. The fourth-order valence-corrected chi connectivity index (χ4v) is 3.37. The molecule has 27 heavy (non-hydrogen) atoms. The fourth-order valence-electron chi connectivity index (χ4n) is 2.03. The third kappa shape index (κ3) is 5.18. The molecule has 146 valence electrons. The summed E-state index contributed by atoms with van der Waals surface area (Å²) in [6.45, 7) is 1.23. The number of amides is 1. The summed E-state index contributed by atoms with van der Waals surface area (Å²) in [5.41, 5.74) is -0.193. The molecule has 11 heteroatoms. The van der Waals surface area contributed by atoms with Gasteiger partial charge in [-0.25, -0.2) is 13.4 Å². The van der Waals surface area contributed by atoms with Gasteiger partial charge >= 0.3 is 6.18 Å². The first-order chi connectivity index (χ1) is 12.4. The van der Waals surface area contributed by atoms with Crippen molar-refractivity contribution in [2.45, 2.75) is 18.0 Å². The van der Waals surface area contributed by atoms with Crippen molar-refractivity contribution in [2.24, 2.45) is 0 Å². The molecule has 1 N–H and O–H groups in total. The summed E-state index contributed by atoms with van der Waals surface area (Å²) >= 11 is 5.71. The third-order valence-electron chi connectivity index (χ3n) is 3.52. The normalized spacial score (nSPS) is 12.3. The van der Waals surface area contributed by atoms with Crippen molar-refractivity contribution >= 4 is 33.3 Å². The molecule has 0 aliphatic rings. The lowest BCUT2D eigenvalue weighted by Gasteiger charge is -2.17. The molecule has 6 nitrogen and oxygen atoms in total. The summed E-state index contributed by atoms with van der Waals surface area (Å²) < 4.78 is 63.5. The number of pyridine rings is 1. The molecule has 0 atom stereocenters. The van der Waals surface area contributed by atoms with E-state index in [9.17, 15) is 26.4 Å². The molecule has 2 aromatic rings. The van der Waals surface area contributed by atoms with Gasteiger partial charge in [-0.05, 0) is 25.1 Å². The van der Waals surface area contributed by atoms with Crippen LogP contribution in [0.1, 0.15) is 11.1 Å². The molecular formula is C16H15ClF3N3O3S. The summed E-state index contributed by atoms with van der Waals surface area (Å²) in [6, 6.07) is 6.68. The number of carbonyl (C=O) groups is 1. The van der Waals surface area contributed by atoms with Crippen LogP contribution in [0.2, 0.25) is 5.02 Å². The van der Waals surface area contributed by atoms with Crippen molar-refractivity contribution in [1.29, 1.82) is 0 Å². The van der Waals surface area contributed by atoms with Crippen LogP contribution in [0.3, 0.4) is 0 Å². The number of nitrogens with one attached hydrogen (secondary N) is 1. The number of hydrogen-bond donors (Lipinski definition) is 1. The summed E-state index contributed by atoms with van der Waals surface area (Å²) in [5.74, 6) is -1.10. The Hall–Kier alpha value is -2.17. The molecule has 1 amide bonds. The quantitative estimate of drug-likeness (QED) is 0.803. The largest absolute Gasteiger partial charge is 0.417 e. The van der Waals surface area contributed by atoms with Gasteiger partial charge in [-0.1, -0.05) is 29.3 Å². The number of likely N-dealkylation sites (N-methyl/N-ethyl adjacent to an activating group) is 1. The van der Waals surface area contributed by atoms with E-state index in [0.29, 0.717) is 12.3 Å². The van der Waals surface area contributed by atoms with Crippen LogP contribution in [-0.2, 0) is 21.0 Å². The van der Waals surface area contributed by atoms with Gasteiger partial charge in [-0.3, -0.25) is 4.79 Å². The van der Waals surface area contributed by atoms with Crippen LogP contribution in [0.4, 0.5) is 19.0 Å². The molecule has 0 fully saturated rings. The minimum atomic E-state index is -4.62. The predicted molar refractivity (Wildman–Crippen MR) is 93.9 cm³/mol. The maximum absolute atomic E-state index is 12.6. The van der Waals surface area contributed by atoms with E-state index < -0.39 is 39.2 Å². The summed E-state index contributed by atoms with van der Waals surface area (Å²) in [6.07, 6.45) is -4.10. The van der Waals surface area contributed by atoms with Crippen molar-refractivity contribution in [2.75, 3.05) is 18.9 Å². The Morgan fingerprint density at radius 2 is 1.85 bits per heavy atom. The zero-order valence-electron chi connectivity index (χ0n) is 14.2. The number of nitrogens with zero attached hydrogens (tertiary/aromatic N) is 2. The van der Waals surface area contributed by atoms with Gasteiger partial charge in [-0.15, -0.1) is 0 Å². The summed E-state index contributed by atoms with van der Waals surface area (Å²) in [5, 5.41) is 1.78. The Labute approximate surface area is 159 Å². The van der Waals surface area contributed by atoms with Crippen LogP contribution in [0.25, 0.3) is 0 Å². The van der Waals surface area contributed by atoms with Crippen LogP contribution in [0, 0.1) is 6.92 Å². The molecular weight excluding hydrogens is 407 g/mol. The molecule has 2 rings (SSSR count). The van der Waals surface area contributed by atoms with E-state index in [1.165, 1.54) is 19.2 Å². The van der Waals surface area contributed by atoms with Crippen LogP contribution in [-0.4, -0.2) is 37.2 Å². The summed E-state index contributed by atoms with van der Waals surface area (Å²) in [7, 11) is -2.70. The van der Waals surface area contributed by atoms with Crippen LogP contribution in [0.5, 0.6) is 0 Å². The number of benzene rings is 1. The highest BCUT2D eigenvalue weighted by Crippen LogP contribution is 2.32. The van der Waals surface area contributed by atoms with Gasteiger partial charge < -0.3 is 5.32 Å². The Balaban J connectivity index is 2.10. The highest BCUT2D eigenvalue weighted by atomic mass is 35.5. The molecule has 0 spiro atoms. The average Bonchev–Trinajstić information content (AvgIpc) is 2.56. The third-order valence-corrected chi connectivity index (χ3v) is 5.63. The fraction of sp³-hybridized carbons (Fsp3) is 0.250. The molecule has 1 heterocycles. The summed E-state index contributed by atoms with van der Waals surface area (Å²) in [4.78, 5) is 15.5. The number of hydrogen-bond acceptors (Lipinski definition) is 4. The topological polar surface area (TPSA) is 79.4 Å². The highest BCUT2D eigenvalue weighted by molar-refractivity contribution is 7.89. The Morgan fingerprint density at radius 1 is 1.26 bits per heavy atom. The second kappa shape index (κ2) is 7.83.